The minimum absolute atomic E-state index is 0.139. The molecule has 2 atom stereocenters. The predicted octanol–water partition coefficient (Wildman–Crippen LogP) is 0.437. The minimum atomic E-state index is -0.139. The van der Waals surface area contributed by atoms with Crippen molar-refractivity contribution in [2.75, 3.05) is 39.8 Å². The SMILES string of the molecule is COC(CN)CC(=O)N1CCCC(N2CCCC2)C1. The van der Waals surface area contributed by atoms with E-state index in [2.05, 4.69) is 4.90 Å². The number of piperidine rings is 1. The summed E-state index contributed by atoms with van der Waals surface area (Å²) in [4.78, 5) is 16.8. The van der Waals surface area contributed by atoms with Crippen LogP contribution in [0.2, 0.25) is 0 Å². The van der Waals surface area contributed by atoms with Gasteiger partial charge in [0, 0.05) is 32.8 Å². The predicted molar refractivity (Wildman–Crippen MR) is 74.9 cm³/mol. The van der Waals surface area contributed by atoms with Gasteiger partial charge in [0.2, 0.25) is 5.91 Å². The van der Waals surface area contributed by atoms with Crippen LogP contribution in [-0.2, 0) is 9.53 Å². The van der Waals surface area contributed by atoms with Gasteiger partial charge in [0.15, 0.2) is 0 Å². The lowest BCUT2D eigenvalue weighted by molar-refractivity contribution is -0.135. The third-order valence-electron chi connectivity index (χ3n) is 4.40. The lowest BCUT2D eigenvalue weighted by atomic mass is 10.0. The van der Waals surface area contributed by atoms with E-state index in [-0.39, 0.29) is 12.0 Å². The molecule has 0 aliphatic carbocycles. The number of carbonyl (C=O) groups is 1. The van der Waals surface area contributed by atoms with E-state index in [0.29, 0.717) is 19.0 Å². The molecule has 2 fully saturated rings. The third-order valence-corrected chi connectivity index (χ3v) is 4.40. The average molecular weight is 269 g/mol. The Morgan fingerprint density at radius 1 is 1.32 bits per heavy atom. The van der Waals surface area contributed by atoms with Crippen molar-refractivity contribution in [2.24, 2.45) is 5.73 Å². The second-order valence-electron chi connectivity index (χ2n) is 5.68. The molecule has 0 bridgehead atoms. The number of ether oxygens (including phenoxy) is 1. The largest absolute Gasteiger partial charge is 0.380 e. The maximum Gasteiger partial charge on any atom is 0.225 e. The molecule has 2 saturated heterocycles. The third kappa shape index (κ3) is 3.91. The molecule has 2 heterocycles. The molecule has 0 radical (unpaired) electrons. The number of hydrogen-bond acceptors (Lipinski definition) is 4. The standard InChI is InChI=1S/C14H27N3O2/c1-19-13(10-15)9-14(18)17-8-4-5-12(11-17)16-6-2-3-7-16/h12-13H,2-11,15H2,1H3. The van der Waals surface area contributed by atoms with Gasteiger partial charge in [-0.2, -0.15) is 0 Å². The fourth-order valence-corrected chi connectivity index (χ4v) is 3.17. The van der Waals surface area contributed by atoms with Crippen LogP contribution in [0.4, 0.5) is 0 Å². The summed E-state index contributed by atoms with van der Waals surface area (Å²) in [6, 6.07) is 0.569. The molecule has 1 amide bonds. The number of nitrogens with zero attached hydrogens (tertiary/aromatic N) is 2. The van der Waals surface area contributed by atoms with Crippen molar-refractivity contribution in [3.63, 3.8) is 0 Å². The van der Waals surface area contributed by atoms with Gasteiger partial charge in [-0.25, -0.2) is 0 Å². The first-order chi connectivity index (χ1) is 9.24. The number of carbonyl (C=O) groups excluding carboxylic acids is 1. The van der Waals surface area contributed by atoms with Crippen LogP contribution in [0.3, 0.4) is 0 Å². The van der Waals surface area contributed by atoms with E-state index in [4.69, 9.17) is 10.5 Å². The van der Waals surface area contributed by atoms with E-state index in [9.17, 15) is 4.79 Å². The Bertz CT molecular complexity index is 288. The number of methoxy groups -OCH3 is 1. The first-order valence-corrected chi connectivity index (χ1v) is 7.49. The average Bonchev–Trinajstić information content (AvgIpc) is 2.99. The highest BCUT2D eigenvalue weighted by Crippen LogP contribution is 2.21. The van der Waals surface area contributed by atoms with Crippen molar-refractivity contribution >= 4 is 5.91 Å². The van der Waals surface area contributed by atoms with Gasteiger partial charge in [-0.1, -0.05) is 0 Å². The van der Waals surface area contributed by atoms with Gasteiger partial charge < -0.3 is 15.4 Å². The fourth-order valence-electron chi connectivity index (χ4n) is 3.17. The Morgan fingerprint density at radius 2 is 2.05 bits per heavy atom. The van der Waals surface area contributed by atoms with E-state index in [1.807, 2.05) is 4.90 Å². The zero-order valence-corrected chi connectivity index (χ0v) is 12.0. The van der Waals surface area contributed by atoms with Gasteiger partial charge in [-0.15, -0.1) is 0 Å². The molecule has 2 aliphatic rings. The van der Waals surface area contributed by atoms with Gasteiger partial charge in [0.25, 0.3) is 0 Å². The van der Waals surface area contributed by atoms with Crippen LogP contribution in [0.25, 0.3) is 0 Å². The Balaban J connectivity index is 1.84. The lowest BCUT2D eigenvalue weighted by Gasteiger charge is -2.38. The highest BCUT2D eigenvalue weighted by atomic mass is 16.5. The Labute approximate surface area is 116 Å². The zero-order valence-electron chi connectivity index (χ0n) is 12.0. The number of amides is 1. The quantitative estimate of drug-likeness (QED) is 0.786. The molecular weight excluding hydrogens is 242 g/mol. The van der Waals surface area contributed by atoms with Crippen molar-refractivity contribution in [1.29, 1.82) is 0 Å². The Kier molecular flexibility index (Phi) is 5.60. The van der Waals surface area contributed by atoms with Crippen molar-refractivity contribution in [1.82, 2.24) is 9.80 Å². The van der Waals surface area contributed by atoms with E-state index in [0.717, 1.165) is 19.5 Å². The first kappa shape index (κ1) is 14.8. The monoisotopic (exact) mass is 269 g/mol. The highest BCUT2D eigenvalue weighted by molar-refractivity contribution is 5.76. The molecule has 2 unspecified atom stereocenters. The first-order valence-electron chi connectivity index (χ1n) is 7.49. The number of likely N-dealkylation sites (tertiary alicyclic amines) is 2. The molecule has 5 heteroatoms. The van der Waals surface area contributed by atoms with Crippen LogP contribution < -0.4 is 5.73 Å². The molecule has 2 aliphatic heterocycles. The summed E-state index contributed by atoms with van der Waals surface area (Å²) in [7, 11) is 1.62. The van der Waals surface area contributed by atoms with Crippen molar-refractivity contribution in [2.45, 2.75) is 44.2 Å². The van der Waals surface area contributed by atoms with E-state index < -0.39 is 0 Å². The summed E-state index contributed by atoms with van der Waals surface area (Å²) >= 11 is 0. The Hall–Kier alpha value is -0.650. The summed E-state index contributed by atoms with van der Waals surface area (Å²) in [6.45, 7) is 4.60. The molecule has 19 heavy (non-hydrogen) atoms. The minimum Gasteiger partial charge on any atom is -0.380 e. The van der Waals surface area contributed by atoms with Crippen molar-refractivity contribution in [3.05, 3.63) is 0 Å². The second-order valence-corrected chi connectivity index (χ2v) is 5.68. The molecule has 110 valence electrons. The molecule has 0 aromatic heterocycles. The van der Waals surface area contributed by atoms with Crippen LogP contribution in [-0.4, -0.2) is 67.7 Å². The van der Waals surface area contributed by atoms with E-state index in [1.54, 1.807) is 7.11 Å². The molecule has 0 aromatic carbocycles. The van der Waals surface area contributed by atoms with Crippen LogP contribution in [0.15, 0.2) is 0 Å². The van der Waals surface area contributed by atoms with Crippen LogP contribution >= 0.6 is 0 Å². The van der Waals surface area contributed by atoms with Gasteiger partial charge in [-0.05, 0) is 38.8 Å². The molecule has 0 saturated carbocycles. The van der Waals surface area contributed by atoms with Gasteiger partial charge in [-0.3, -0.25) is 9.69 Å². The Morgan fingerprint density at radius 3 is 2.68 bits per heavy atom. The van der Waals surface area contributed by atoms with Crippen molar-refractivity contribution in [3.8, 4) is 0 Å². The normalized spacial score (nSPS) is 26.6. The highest BCUT2D eigenvalue weighted by Gasteiger charge is 2.29. The summed E-state index contributed by atoms with van der Waals surface area (Å²) in [5, 5.41) is 0. The van der Waals surface area contributed by atoms with Crippen LogP contribution in [0, 0.1) is 0 Å². The summed E-state index contributed by atoms with van der Waals surface area (Å²) in [5.74, 6) is 0.196. The zero-order chi connectivity index (χ0) is 13.7. The number of nitrogens with two attached hydrogens (primary N) is 1. The lowest BCUT2D eigenvalue weighted by Crippen LogP contribution is -2.49. The molecule has 5 nitrogen and oxygen atoms in total. The van der Waals surface area contributed by atoms with Crippen LogP contribution in [0.5, 0.6) is 0 Å². The summed E-state index contributed by atoms with van der Waals surface area (Å²) in [6.07, 6.45) is 5.24. The van der Waals surface area contributed by atoms with E-state index in [1.165, 1.54) is 32.4 Å². The van der Waals surface area contributed by atoms with Gasteiger partial charge in [0.1, 0.15) is 0 Å². The fraction of sp³-hybridized carbons (Fsp3) is 0.929. The molecule has 2 rings (SSSR count). The molecule has 0 spiro atoms. The molecule has 2 N–H and O–H groups in total. The number of rotatable bonds is 5. The molecule has 0 aromatic rings. The smallest absolute Gasteiger partial charge is 0.225 e. The van der Waals surface area contributed by atoms with Gasteiger partial charge in [0.05, 0.1) is 12.5 Å². The molecular formula is C14H27N3O2. The van der Waals surface area contributed by atoms with Gasteiger partial charge >= 0.3 is 0 Å². The summed E-state index contributed by atoms with van der Waals surface area (Å²) < 4.78 is 5.20. The second kappa shape index (κ2) is 7.22. The number of hydrogen-bond donors (Lipinski definition) is 1. The topological polar surface area (TPSA) is 58.8 Å². The maximum atomic E-state index is 12.3. The summed E-state index contributed by atoms with van der Waals surface area (Å²) in [5.41, 5.74) is 5.58. The van der Waals surface area contributed by atoms with Crippen molar-refractivity contribution < 1.29 is 9.53 Å². The maximum absolute atomic E-state index is 12.3. The van der Waals surface area contributed by atoms with Crippen LogP contribution in [0.1, 0.15) is 32.1 Å². The van der Waals surface area contributed by atoms with E-state index >= 15 is 0 Å².